The molecule has 2 amide bonds. The summed E-state index contributed by atoms with van der Waals surface area (Å²) in [6.45, 7) is 3.91. The summed E-state index contributed by atoms with van der Waals surface area (Å²) in [4.78, 5) is 26.5. The van der Waals surface area contributed by atoms with E-state index in [0.29, 0.717) is 45.3 Å². The molecule has 1 fully saturated rings. The van der Waals surface area contributed by atoms with Crippen LogP contribution in [0.15, 0.2) is 78.9 Å². The molecule has 1 aliphatic rings. The molecule has 4 rings (SSSR count). The van der Waals surface area contributed by atoms with Crippen LogP contribution in [0.25, 0.3) is 0 Å². The molecule has 35 heavy (non-hydrogen) atoms. The molecule has 1 saturated heterocycles. The lowest BCUT2D eigenvalue weighted by atomic mass is 9.92. The van der Waals surface area contributed by atoms with Gasteiger partial charge in [-0.25, -0.2) is 13.7 Å². The minimum Gasteiger partial charge on any atom is -0.356 e. The van der Waals surface area contributed by atoms with Gasteiger partial charge in [0.1, 0.15) is 11.5 Å². The van der Waals surface area contributed by atoms with Gasteiger partial charge in [0.25, 0.3) is 0 Å². The molecule has 0 aliphatic carbocycles. The minimum atomic E-state index is -0.271. The summed E-state index contributed by atoms with van der Waals surface area (Å²) in [5.74, 6) is -0.111. The van der Waals surface area contributed by atoms with Gasteiger partial charge in [-0.1, -0.05) is 60.2 Å². The molecule has 0 bridgehead atoms. The molecule has 0 unspecified atom stereocenters. The lowest BCUT2D eigenvalue weighted by molar-refractivity contribution is -0.134. The minimum absolute atomic E-state index is 0.0760. The van der Waals surface area contributed by atoms with E-state index in [2.05, 4.69) is 36.5 Å². The Morgan fingerprint density at radius 1 is 0.857 bits per heavy atom. The summed E-state index contributed by atoms with van der Waals surface area (Å²) in [5.41, 5.74) is 4.38. The Labute approximate surface area is 207 Å². The molecule has 5 heteroatoms. The van der Waals surface area contributed by atoms with Crippen LogP contribution in [-0.4, -0.2) is 31.4 Å². The van der Waals surface area contributed by atoms with Crippen molar-refractivity contribution in [3.05, 3.63) is 101 Å². The van der Waals surface area contributed by atoms with Gasteiger partial charge in [-0.2, -0.15) is 0 Å². The molecule has 1 heterocycles. The van der Waals surface area contributed by atoms with E-state index < -0.39 is 0 Å². The highest BCUT2D eigenvalue weighted by molar-refractivity contribution is 5.89. The van der Waals surface area contributed by atoms with Crippen LogP contribution in [0.4, 0.5) is 10.1 Å². The van der Waals surface area contributed by atoms with Crippen LogP contribution in [0.5, 0.6) is 0 Å². The van der Waals surface area contributed by atoms with Crippen molar-refractivity contribution < 1.29 is 14.0 Å². The van der Waals surface area contributed by atoms with E-state index in [-0.39, 0.29) is 28.0 Å². The molecular weight excluding hydrogens is 439 g/mol. The first-order valence-electron chi connectivity index (χ1n) is 12.5. The van der Waals surface area contributed by atoms with Gasteiger partial charge in [-0.05, 0) is 55.2 Å². The zero-order valence-corrected chi connectivity index (χ0v) is 20.4. The number of halogens is 1. The number of nitrogens with one attached hydrogen (secondary N) is 1. The van der Waals surface area contributed by atoms with Gasteiger partial charge >= 0.3 is 5.91 Å². The highest BCUT2D eigenvalue weighted by Crippen LogP contribution is 2.32. The largest absolute Gasteiger partial charge is 0.356 e. The Morgan fingerprint density at radius 2 is 1.46 bits per heavy atom. The van der Waals surface area contributed by atoms with Crippen LogP contribution in [0.3, 0.4) is 0 Å². The number of likely N-dealkylation sites (tertiary alicyclic amines) is 1. The molecule has 1 aliphatic heterocycles. The average Bonchev–Trinajstić information content (AvgIpc) is 2.90. The van der Waals surface area contributed by atoms with Crippen molar-refractivity contribution in [1.82, 2.24) is 9.80 Å². The summed E-state index contributed by atoms with van der Waals surface area (Å²) in [6, 6.07) is 24.6. The van der Waals surface area contributed by atoms with E-state index in [1.165, 1.54) is 23.3 Å². The number of nitrogens with zero attached hydrogens (tertiary/aromatic N) is 1. The highest BCUT2D eigenvalue weighted by atomic mass is 19.1. The Hall–Kier alpha value is -3.31. The summed E-state index contributed by atoms with van der Waals surface area (Å²) in [6.07, 6.45) is 3.12. The molecule has 0 aromatic heterocycles. The fourth-order valence-electron chi connectivity index (χ4n) is 4.98. The van der Waals surface area contributed by atoms with Gasteiger partial charge in [0.15, 0.2) is 0 Å². The van der Waals surface area contributed by atoms with Crippen LogP contribution in [0, 0.1) is 18.7 Å². The highest BCUT2D eigenvalue weighted by Gasteiger charge is 2.43. The van der Waals surface area contributed by atoms with Crippen molar-refractivity contribution in [3.8, 4) is 0 Å². The van der Waals surface area contributed by atoms with E-state index in [1.54, 1.807) is 12.1 Å². The molecule has 0 atom stereocenters. The van der Waals surface area contributed by atoms with E-state index >= 15 is 0 Å². The lowest BCUT2D eigenvalue weighted by Gasteiger charge is -2.40. The Balaban J connectivity index is 1.36. The number of para-hydroxylation sites is 1. The number of hydrogen-bond donors (Lipinski definition) is 1. The van der Waals surface area contributed by atoms with Crippen molar-refractivity contribution in [3.63, 3.8) is 0 Å². The number of piperidine rings is 1. The number of carbonyl (C=O) groups excluding carboxylic acids is 2. The first-order valence-corrected chi connectivity index (χ1v) is 12.5. The van der Waals surface area contributed by atoms with Crippen molar-refractivity contribution in [2.75, 3.05) is 19.6 Å². The molecule has 3 aromatic rings. The van der Waals surface area contributed by atoms with Gasteiger partial charge in [0.05, 0.1) is 19.5 Å². The summed E-state index contributed by atoms with van der Waals surface area (Å²) in [7, 11) is 0. The maximum absolute atomic E-state index is 13.6. The molecule has 0 saturated carbocycles. The fourth-order valence-corrected chi connectivity index (χ4v) is 4.98. The smallest absolute Gasteiger partial charge is 0.319 e. The molecule has 0 radical (unpaired) electrons. The number of hydrogen-bond acceptors (Lipinski definition) is 2. The van der Waals surface area contributed by atoms with Gasteiger partial charge in [-0.15, -0.1) is 0 Å². The van der Waals surface area contributed by atoms with E-state index in [4.69, 9.17) is 0 Å². The predicted molar refractivity (Wildman–Crippen MR) is 138 cm³/mol. The normalized spacial score (nSPS) is 19.8. The Kier molecular flexibility index (Phi) is 8.09. The second-order valence-electron chi connectivity index (χ2n) is 9.57. The maximum atomic E-state index is 13.6. The lowest BCUT2D eigenvalue weighted by Crippen LogP contribution is -2.59. The SMILES string of the molecule is Cc1ccc(CCNC(=O)C2CC[N+](C(=O)CCc3ccc(F)cc3)(c3ccccc3)CC2)cc1. The number of aryl methyl sites for hydroxylation is 2. The Morgan fingerprint density at radius 3 is 2.11 bits per heavy atom. The van der Waals surface area contributed by atoms with E-state index in [1.807, 2.05) is 30.3 Å². The zero-order valence-electron chi connectivity index (χ0n) is 20.4. The van der Waals surface area contributed by atoms with Crippen LogP contribution < -0.4 is 9.80 Å². The number of benzene rings is 3. The predicted octanol–water partition coefficient (Wildman–Crippen LogP) is 5.37. The number of amides is 2. The van der Waals surface area contributed by atoms with E-state index in [0.717, 1.165) is 17.7 Å². The standard InChI is InChI=1S/C30H33FN2O2/c1-23-7-9-25(10-8-23)17-20-32-30(35)26-18-21-33(22-19-26,28-5-3-2-4-6-28)29(34)16-13-24-11-14-27(31)15-12-24/h2-12,14-15,26H,13,16-22H2,1H3/p+1. The van der Waals surface area contributed by atoms with Gasteiger partial charge in [0.2, 0.25) is 5.91 Å². The second-order valence-corrected chi connectivity index (χ2v) is 9.57. The third kappa shape index (κ3) is 6.23. The van der Waals surface area contributed by atoms with Crippen molar-refractivity contribution in [1.29, 1.82) is 0 Å². The van der Waals surface area contributed by atoms with E-state index in [9.17, 15) is 14.0 Å². The van der Waals surface area contributed by atoms with Crippen molar-refractivity contribution in [2.45, 2.75) is 39.0 Å². The van der Waals surface area contributed by atoms with Crippen LogP contribution in [-0.2, 0) is 22.4 Å². The molecular formula is C30H34FN2O2+. The van der Waals surface area contributed by atoms with Crippen LogP contribution in [0.2, 0.25) is 0 Å². The van der Waals surface area contributed by atoms with Gasteiger partial charge in [0, 0.05) is 25.3 Å². The first kappa shape index (κ1) is 24.8. The summed E-state index contributed by atoms with van der Waals surface area (Å²) < 4.78 is 13.5. The second kappa shape index (κ2) is 11.4. The monoisotopic (exact) mass is 473 g/mol. The topological polar surface area (TPSA) is 46.2 Å². The average molecular weight is 474 g/mol. The zero-order chi connectivity index (χ0) is 24.7. The number of carbonyl (C=O) groups is 2. The molecule has 0 spiro atoms. The van der Waals surface area contributed by atoms with Crippen molar-refractivity contribution in [2.24, 2.45) is 5.92 Å². The molecule has 182 valence electrons. The third-order valence-electron chi connectivity index (χ3n) is 7.19. The maximum Gasteiger partial charge on any atom is 0.319 e. The third-order valence-corrected chi connectivity index (χ3v) is 7.19. The number of quaternary nitrogens is 1. The molecule has 4 nitrogen and oxygen atoms in total. The van der Waals surface area contributed by atoms with Gasteiger partial charge < -0.3 is 5.32 Å². The van der Waals surface area contributed by atoms with Crippen LogP contribution >= 0.6 is 0 Å². The van der Waals surface area contributed by atoms with Crippen LogP contribution in [0.1, 0.15) is 36.0 Å². The summed E-state index contributed by atoms with van der Waals surface area (Å²) >= 11 is 0. The first-order chi connectivity index (χ1) is 17.0. The summed E-state index contributed by atoms with van der Waals surface area (Å²) in [5, 5.41) is 3.10. The van der Waals surface area contributed by atoms with Gasteiger partial charge in [-0.3, -0.25) is 4.79 Å². The van der Waals surface area contributed by atoms with Crippen molar-refractivity contribution >= 4 is 17.5 Å². The fraction of sp³-hybridized carbons (Fsp3) is 0.333. The molecule has 1 N–H and O–H groups in total. The quantitative estimate of drug-likeness (QED) is 0.447. The molecule has 3 aromatic carbocycles. The number of rotatable bonds is 8. The Bertz CT molecular complexity index is 1120.